The van der Waals surface area contributed by atoms with Gasteiger partial charge in [0.05, 0.1) is 12.7 Å². The predicted molar refractivity (Wildman–Crippen MR) is 66.1 cm³/mol. The van der Waals surface area contributed by atoms with Gasteiger partial charge in [-0.15, -0.1) is 0 Å². The van der Waals surface area contributed by atoms with Gasteiger partial charge in [-0.3, -0.25) is 10.1 Å². The zero-order chi connectivity index (χ0) is 12.3. The second-order valence-electron chi connectivity index (χ2n) is 5.44. The van der Waals surface area contributed by atoms with Crippen LogP contribution in [0.15, 0.2) is 0 Å². The maximum absolute atomic E-state index is 12.0. The highest BCUT2D eigenvalue weighted by Gasteiger charge is 2.33. The van der Waals surface area contributed by atoms with Gasteiger partial charge in [0.2, 0.25) is 5.91 Å². The van der Waals surface area contributed by atoms with Crippen LogP contribution in [-0.2, 0) is 4.79 Å². The second-order valence-corrected chi connectivity index (χ2v) is 5.44. The molecule has 94 valence electrons. The number of hydrogen-bond acceptors (Lipinski definition) is 3. The summed E-state index contributed by atoms with van der Waals surface area (Å²) in [7, 11) is 4.12. The minimum absolute atomic E-state index is 0.0168. The molecule has 4 heteroatoms. The largest absolute Gasteiger partial charge is 0.324 e. The molecule has 0 radical (unpaired) electrons. The molecule has 1 heterocycles. The molecule has 1 saturated heterocycles. The Bertz CT molecular complexity index is 230. The molecule has 1 aliphatic heterocycles. The van der Waals surface area contributed by atoms with E-state index in [2.05, 4.69) is 38.2 Å². The first-order valence-corrected chi connectivity index (χ1v) is 6.10. The van der Waals surface area contributed by atoms with Crippen molar-refractivity contribution in [3.8, 4) is 0 Å². The number of carbonyl (C=O) groups excluding carboxylic acids is 1. The first kappa shape index (κ1) is 13.5. The maximum atomic E-state index is 12.0. The van der Waals surface area contributed by atoms with Gasteiger partial charge in [-0.05, 0) is 33.4 Å². The van der Waals surface area contributed by atoms with Crippen LogP contribution in [0.3, 0.4) is 0 Å². The smallest absolute Gasteiger partial charge is 0.240 e. The van der Waals surface area contributed by atoms with Crippen LogP contribution < -0.4 is 5.32 Å². The number of nitrogens with zero attached hydrogens (tertiary/aromatic N) is 2. The van der Waals surface area contributed by atoms with E-state index in [4.69, 9.17) is 0 Å². The lowest BCUT2D eigenvalue weighted by molar-refractivity contribution is -0.131. The molecule has 0 aromatic heterocycles. The zero-order valence-corrected chi connectivity index (χ0v) is 11.2. The fourth-order valence-electron chi connectivity index (χ4n) is 2.22. The molecule has 1 rings (SSSR count). The molecule has 2 atom stereocenters. The molecular weight excluding hydrogens is 202 g/mol. The van der Waals surface area contributed by atoms with E-state index in [1.54, 1.807) is 0 Å². The van der Waals surface area contributed by atoms with E-state index >= 15 is 0 Å². The second kappa shape index (κ2) is 5.64. The van der Waals surface area contributed by atoms with E-state index in [1.165, 1.54) is 0 Å². The van der Waals surface area contributed by atoms with Crippen molar-refractivity contribution in [2.24, 2.45) is 5.92 Å². The lowest BCUT2D eigenvalue weighted by Crippen LogP contribution is -2.44. The lowest BCUT2D eigenvalue weighted by atomic mass is 10.0. The molecule has 0 aliphatic carbocycles. The minimum Gasteiger partial charge on any atom is -0.324 e. The van der Waals surface area contributed by atoms with Gasteiger partial charge in [-0.2, -0.15) is 0 Å². The van der Waals surface area contributed by atoms with Crippen LogP contribution in [0.1, 0.15) is 27.2 Å². The third kappa shape index (κ3) is 3.46. The van der Waals surface area contributed by atoms with Gasteiger partial charge in [0.25, 0.3) is 0 Å². The molecule has 1 N–H and O–H groups in total. The van der Waals surface area contributed by atoms with Crippen LogP contribution in [0.5, 0.6) is 0 Å². The van der Waals surface area contributed by atoms with E-state index in [9.17, 15) is 4.79 Å². The number of rotatable bonds is 5. The first-order valence-electron chi connectivity index (χ1n) is 6.10. The number of amides is 1. The van der Waals surface area contributed by atoms with Gasteiger partial charge < -0.3 is 9.80 Å². The Morgan fingerprint density at radius 2 is 2.12 bits per heavy atom. The van der Waals surface area contributed by atoms with Gasteiger partial charge >= 0.3 is 0 Å². The van der Waals surface area contributed by atoms with E-state index < -0.39 is 0 Å². The molecule has 1 fully saturated rings. The molecule has 16 heavy (non-hydrogen) atoms. The van der Waals surface area contributed by atoms with Crippen LogP contribution in [0, 0.1) is 5.92 Å². The van der Waals surface area contributed by atoms with Gasteiger partial charge in [0.1, 0.15) is 0 Å². The highest BCUT2D eigenvalue weighted by Crippen LogP contribution is 2.16. The third-order valence-electron chi connectivity index (χ3n) is 2.98. The normalized spacial score (nSPS) is 23.6. The lowest BCUT2D eigenvalue weighted by Gasteiger charge is -2.31. The van der Waals surface area contributed by atoms with Crippen molar-refractivity contribution in [2.75, 3.05) is 27.3 Å². The zero-order valence-electron chi connectivity index (χ0n) is 11.2. The maximum Gasteiger partial charge on any atom is 0.240 e. The van der Waals surface area contributed by atoms with Gasteiger partial charge in [-0.1, -0.05) is 13.8 Å². The van der Waals surface area contributed by atoms with Crippen molar-refractivity contribution < 1.29 is 4.79 Å². The van der Waals surface area contributed by atoms with Crippen molar-refractivity contribution in [2.45, 2.75) is 39.3 Å². The molecule has 0 spiro atoms. The standard InChI is InChI=1S/C12H25N3O/c1-9(2)6-11(7-14(4)5)15-8-13-10(3)12(15)16/h9-11,13H,6-8H2,1-5H3. The fraction of sp³-hybridized carbons (Fsp3) is 0.917. The summed E-state index contributed by atoms with van der Waals surface area (Å²) in [5.74, 6) is 0.862. The number of hydrogen-bond donors (Lipinski definition) is 1. The Kier molecular flexibility index (Phi) is 4.74. The number of likely N-dealkylation sites (N-methyl/N-ethyl adjacent to an activating group) is 1. The van der Waals surface area contributed by atoms with Gasteiger partial charge in [0, 0.05) is 12.6 Å². The Morgan fingerprint density at radius 3 is 2.50 bits per heavy atom. The quantitative estimate of drug-likeness (QED) is 0.752. The van der Waals surface area contributed by atoms with Crippen LogP contribution in [0.4, 0.5) is 0 Å². The van der Waals surface area contributed by atoms with Gasteiger partial charge in [0.15, 0.2) is 0 Å². The van der Waals surface area contributed by atoms with E-state index in [1.807, 2.05) is 11.8 Å². The molecule has 0 aromatic rings. The van der Waals surface area contributed by atoms with E-state index in [-0.39, 0.29) is 11.9 Å². The minimum atomic E-state index is -0.0168. The monoisotopic (exact) mass is 227 g/mol. The number of nitrogens with one attached hydrogen (secondary N) is 1. The van der Waals surface area contributed by atoms with Gasteiger partial charge in [-0.25, -0.2) is 0 Å². The van der Waals surface area contributed by atoms with E-state index in [0.29, 0.717) is 18.6 Å². The molecule has 4 nitrogen and oxygen atoms in total. The highest BCUT2D eigenvalue weighted by molar-refractivity contribution is 5.83. The molecule has 2 unspecified atom stereocenters. The summed E-state index contributed by atoms with van der Waals surface area (Å²) in [6.45, 7) is 7.99. The molecule has 1 amide bonds. The van der Waals surface area contributed by atoms with Crippen LogP contribution >= 0.6 is 0 Å². The summed E-state index contributed by atoms with van der Waals surface area (Å²) in [4.78, 5) is 16.1. The molecule has 0 aromatic carbocycles. The van der Waals surface area contributed by atoms with Crippen LogP contribution in [0.25, 0.3) is 0 Å². The summed E-state index contributed by atoms with van der Waals surface area (Å²) in [5, 5.41) is 3.20. The Labute approximate surface area is 99.0 Å². The van der Waals surface area contributed by atoms with E-state index in [0.717, 1.165) is 13.0 Å². The molecule has 0 bridgehead atoms. The topological polar surface area (TPSA) is 35.6 Å². The third-order valence-corrected chi connectivity index (χ3v) is 2.98. The van der Waals surface area contributed by atoms with Crippen molar-refractivity contribution in [1.82, 2.24) is 15.1 Å². The fourth-order valence-corrected chi connectivity index (χ4v) is 2.22. The number of carbonyl (C=O) groups is 1. The Hall–Kier alpha value is -0.610. The van der Waals surface area contributed by atoms with Crippen molar-refractivity contribution >= 4 is 5.91 Å². The SMILES string of the molecule is CC(C)CC(CN(C)C)N1CNC(C)C1=O. The summed E-state index contributed by atoms with van der Waals surface area (Å²) < 4.78 is 0. The van der Waals surface area contributed by atoms with Crippen LogP contribution in [0.2, 0.25) is 0 Å². The first-order chi connectivity index (χ1) is 7.41. The average molecular weight is 227 g/mol. The summed E-state index contributed by atoms with van der Waals surface area (Å²) in [6, 6.07) is 0.316. The molecular formula is C12H25N3O. The van der Waals surface area contributed by atoms with Crippen molar-refractivity contribution in [1.29, 1.82) is 0 Å². The van der Waals surface area contributed by atoms with Crippen molar-refractivity contribution in [3.63, 3.8) is 0 Å². The highest BCUT2D eigenvalue weighted by atomic mass is 16.2. The molecule has 0 saturated carbocycles. The average Bonchev–Trinajstić information content (AvgIpc) is 2.45. The predicted octanol–water partition coefficient (Wildman–Crippen LogP) is 0.740. The molecule has 1 aliphatic rings. The Balaban J connectivity index is 2.64. The summed E-state index contributed by atoms with van der Waals surface area (Å²) >= 11 is 0. The van der Waals surface area contributed by atoms with Crippen molar-refractivity contribution in [3.05, 3.63) is 0 Å². The Morgan fingerprint density at radius 1 is 1.50 bits per heavy atom. The summed E-state index contributed by atoms with van der Waals surface area (Å²) in [6.07, 6.45) is 1.07. The summed E-state index contributed by atoms with van der Waals surface area (Å²) in [5.41, 5.74) is 0. The van der Waals surface area contributed by atoms with Crippen LogP contribution in [-0.4, -0.2) is 55.1 Å².